The Morgan fingerprint density at radius 1 is 1.35 bits per heavy atom. The maximum absolute atomic E-state index is 12.2. The molecule has 1 fully saturated rings. The van der Waals surface area contributed by atoms with Gasteiger partial charge in [-0.15, -0.1) is 0 Å². The molecule has 2 aliphatic heterocycles. The van der Waals surface area contributed by atoms with Crippen molar-refractivity contribution in [3.63, 3.8) is 0 Å². The number of aryl methyl sites for hydroxylation is 1. The Labute approximate surface area is 155 Å². The number of likely N-dealkylation sites (tertiary alicyclic amines) is 1. The molecule has 3 heterocycles. The van der Waals surface area contributed by atoms with Crippen LogP contribution in [0.25, 0.3) is 6.08 Å². The van der Waals surface area contributed by atoms with Gasteiger partial charge in [-0.05, 0) is 36.4 Å². The summed E-state index contributed by atoms with van der Waals surface area (Å²) in [5.74, 6) is 1.11. The minimum absolute atomic E-state index is 0.125. The van der Waals surface area contributed by atoms with Gasteiger partial charge in [0.15, 0.2) is 5.82 Å². The van der Waals surface area contributed by atoms with Crippen LogP contribution in [0.2, 0.25) is 5.02 Å². The Balaban J connectivity index is 1.34. The van der Waals surface area contributed by atoms with Gasteiger partial charge in [0, 0.05) is 36.5 Å². The number of amides is 1. The third-order valence-corrected chi connectivity index (χ3v) is 5.07. The Morgan fingerprint density at radius 2 is 2.15 bits per heavy atom. The summed E-state index contributed by atoms with van der Waals surface area (Å²) in [4.78, 5) is 14.3. The monoisotopic (exact) mass is 374 g/mol. The molecule has 0 atom stereocenters. The molecule has 1 aromatic carbocycles. The molecule has 7 nitrogen and oxygen atoms in total. The lowest BCUT2D eigenvalue weighted by Crippen LogP contribution is -2.49. The van der Waals surface area contributed by atoms with Gasteiger partial charge in [-0.25, -0.2) is 4.63 Å². The van der Waals surface area contributed by atoms with E-state index in [9.17, 15) is 4.79 Å². The topological polar surface area (TPSA) is 80.5 Å². The average molecular weight is 375 g/mol. The van der Waals surface area contributed by atoms with Crippen molar-refractivity contribution >= 4 is 29.4 Å². The van der Waals surface area contributed by atoms with E-state index in [1.165, 1.54) is 0 Å². The van der Waals surface area contributed by atoms with E-state index in [4.69, 9.17) is 16.3 Å². The van der Waals surface area contributed by atoms with Gasteiger partial charge in [0.1, 0.15) is 17.0 Å². The molecule has 0 saturated carbocycles. The van der Waals surface area contributed by atoms with E-state index in [2.05, 4.69) is 37.3 Å². The lowest BCUT2D eigenvalue weighted by atomic mass is 9.88. The van der Waals surface area contributed by atoms with Gasteiger partial charge in [0.05, 0.1) is 6.54 Å². The zero-order valence-electron chi connectivity index (χ0n) is 14.4. The van der Waals surface area contributed by atoms with E-state index in [0.29, 0.717) is 23.1 Å². The Morgan fingerprint density at radius 3 is 2.88 bits per heavy atom. The number of rotatable bonds is 3. The molecule has 4 rings (SSSR count). The highest BCUT2D eigenvalue weighted by Crippen LogP contribution is 2.37. The fourth-order valence-electron chi connectivity index (χ4n) is 3.32. The largest absolute Gasteiger partial charge is 0.482 e. The van der Waals surface area contributed by atoms with Gasteiger partial charge in [0.25, 0.3) is 0 Å². The predicted octanol–water partition coefficient (Wildman–Crippen LogP) is 2.91. The summed E-state index contributed by atoms with van der Waals surface area (Å²) in [5.41, 5.74) is 1.26. The van der Waals surface area contributed by atoms with Crippen molar-refractivity contribution in [2.45, 2.75) is 25.4 Å². The van der Waals surface area contributed by atoms with Crippen molar-refractivity contribution < 1.29 is 14.2 Å². The van der Waals surface area contributed by atoms with Crippen molar-refractivity contribution in [1.29, 1.82) is 0 Å². The molecular weight excluding hydrogens is 356 g/mol. The van der Waals surface area contributed by atoms with Crippen molar-refractivity contribution in [2.75, 3.05) is 25.0 Å². The first-order chi connectivity index (χ1) is 12.5. The molecule has 26 heavy (non-hydrogen) atoms. The number of fused-ring (bicyclic) bond motifs is 1. The van der Waals surface area contributed by atoms with Crippen LogP contribution in [0.3, 0.4) is 0 Å². The Kier molecular flexibility index (Phi) is 4.42. The summed E-state index contributed by atoms with van der Waals surface area (Å²) in [6.45, 7) is 3.58. The number of hydrogen-bond donors (Lipinski definition) is 1. The first-order valence-electron chi connectivity index (χ1n) is 8.52. The lowest BCUT2D eigenvalue weighted by molar-refractivity contribution is -0.118. The average Bonchev–Trinajstić information content (AvgIpc) is 3.02. The minimum Gasteiger partial charge on any atom is -0.482 e. The van der Waals surface area contributed by atoms with Gasteiger partial charge in [-0.2, -0.15) is 0 Å². The molecule has 1 aromatic heterocycles. The second kappa shape index (κ2) is 6.74. The maximum atomic E-state index is 12.2. The molecule has 8 heteroatoms. The van der Waals surface area contributed by atoms with Crippen LogP contribution in [0.1, 0.15) is 24.1 Å². The number of halogens is 1. The van der Waals surface area contributed by atoms with Crippen molar-refractivity contribution in [3.8, 4) is 5.75 Å². The molecule has 136 valence electrons. The summed E-state index contributed by atoms with van der Waals surface area (Å²) in [6.07, 6.45) is 5.84. The van der Waals surface area contributed by atoms with Crippen LogP contribution >= 0.6 is 11.6 Å². The summed E-state index contributed by atoms with van der Waals surface area (Å²) in [6, 6.07) is 5.66. The highest BCUT2D eigenvalue weighted by atomic mass is 35.5. The third-order valence-electron chi connectivity index (χ3n) is 4.83. The second-order valence-electron chi connectivity index (χ2n) is 6.70. The van der Waals surface area contributed by atoms with Gasteiger partial charge < -0.3 is 10.1 Å². The van der Waals surface area contributed by atoms with Crippen LogP contribution in [-0.2, 0) is 4.79 Å². The summed E-state index contributed by atoms with van der Waals surface area (Å²) in [5, 5.41) is 10.7. The van der Waals surface area contributed by atoms with E-state index in [0.717, 1.165) is 37.2 Å². The molecule has 0 radical (unpaired) electrons. The van der Waals surface area contributed by atoms with E-state index >= 15 is 0 Å². The van der Waals surface area contributed by atoms with E-state index in [-0.39, 0.29) is 11.5 Å². The number of carbonyl (C=O) groups is 1. The molecule has 1 N–H and O–H groups in total. The number of hydrogen-bond acceptors (Lipinski definition) is 6. The summed E-state index contributed by atoms with van der Waals surface area (Å²) < 4.78 is 10.9. The van der Waals surface area contributed by atoms with Crippen LogP contribution in [0.5, 0.6) is 5.75 Å². The zero-order valence-corrected chi connectivity index (χ0v) is 15.1. The SMILES string of the molecule is Cc1nonc1NC(=O)CN1CCC2(C=Cc3cc(Cl)ccc3O2)CC1. The van der Waals surface area contributed by atoms with Gasteiger partial charge in [-0.1, -0.05) is 22.8 Å². The van der Waals surface area contributed by atoms with Crippen molar-refractivity contribution in [2.24, 2.45) is 0 Å². The van der Waals surface area contributed by atoms with Gasteiger partial charge in [-0.3, -0.25) is 9.69 Å². The molecule has 1 saturated heterocycles. The first kappa shape index (κ1) is 17.1. The lowest BCUT2D eigenvalue weighted by Gasteiger charge is -2.41. The number of ether oxygens (including phenoxy) is 1. The quantitative estimate of drug-likeness (QED) is 0.889. The molecule has 1 amide bonds. The zero-order chi connectivity index (χ0) is 18.1. The number of anilines is 1. The molecule has 1 spiro atoms. The van der Waals surface area contributed by atoms with Crippen molar-refractivity contribution in [1.82, 2.24) is 15.2 Å². The summed E-state index contributed by atoms with van der Waals surface area (Å²) in [7, 11) is 0. The van der Waals surface area contributed by atoms with E-state index in [1.807, 2.05) is 18.2 Å². The third kappa shape index (κ3) is 3.45. The van der Waals surface area contributed by atoms with Gasteiger partial charge in [0.2, 0.25) is 5.91 Å². The smallest absolute Gasteiger partial charge is 0.239 e. The molecule has 2 aliphatic rings. The van der Waals surface area contributed by atoms with Crippen LogP contribution in [0.15, 0.2) is 28.9 Å². The summed E-state index contributed by atoms with van der Waals surface area (Å²) >= 11 is 6.03. The van der Waals surface area contributed by atoms with Crippen LogP contribution in [0.4, 0.5) is 5.82 Å². The molecule has 0 aliphatic carbocycles. The number of aromatic nitrogens is 2. The standard InChI is InChI=1S/C18H19ClN4O3/c1-12-17(22-26-21-12)20-16(24)11-23-8-6-18(7-9-23)5-4-13-10-14(19)2-3-15(13)25-18/h2-5,10H,6-9,11H2,1H3,(H,20,22,24). The fraction of sp³-hybridized carbons (Fsp3) is 0.389. The number of benzene rings is 1. The second-order valence-corrected chi connectivity index (χ2v) is 7.14. The molecule has 0 unspecified atom stereocenters. The fourth-order valence-corrected chi connectivity index (χ4v) is 3.50. The Hall–Kier alpha value is -2.38. The van der Waals surface area contributed by atoms with Crippen LogP contribution in [0, 0.1) is 6.92 Å². The Bertz CT molecular complexity index is 856. The number of nitrogens with zero attached hydrogens (tertiary/aromatic N) is 3. The number of piperidine rings is 1. The maximum Gasteiger partial charge on any atom is 0.239 e. The highest BCUT2D eigenvalue weighted by molar-refractivity contribution is 6.30. The van der Waals surface area contributed by atoms with Gasteiger partial charge >= 0.3 is 0 Å². The predicted molar refractivity (Wildman–Crippen MR) is 97.2 cm³/mol. The minimum atomic E-state index is -0.305. The number of carbonyl (C=O) groups excluding carboxylic acids is 1. The van der Waals surface area contributed by atoms with E-state index < -0.39 is 0 Å². The van der Waals surface area contributed by atoms with E-state index in [1.54, 1.807) is 6.92 Å². The van der Waals surface area contributed by atoms with Crippen LogP contribution < -0.4 is 10.1 Å². The number of nitrogens with one attached hydrogen (secondary N) is 1. The molecule has 2 aromatic rings. The van der Waals surface area contributed by atoms with Crippen LogP contribution in [-0.4, -0.2) is 46.4 Å². The normalized spacial score (nSPS) is 18.4. The highest BCUT2D eigenvalue weighted by Gasteiger charge is 2.37. The first-order valence-corrected chi connectivity index (χ1v) is 8.90. The molecule has 0 bridgehead atoms. The van der Waals surface area contributed by atoms with Crippen molar-refractivity contribution in [3.05, 3.63) is 40.6 Å². The molecular formula is C18H19ClN4O3.